The van der Waals surface area contributed by atoms with E-state index in [0.717, 1.165) is 6.07 Å². The topological polar surface area (TPSA) is 15.3 Å². The Labute approximate surface area is 125 Å². The fourth-order valence-corrected chi connectivity index (χ4v) is 4.21. The number of hydrogen-bond donors (Lipinski definition) is 1. The van der Waals surface area contributed by atoms with Crippen LogP contribution in [-0.4, -0.2) is 37.1 Å². The Kier molecular flexibility index (Phi) is 4.27. The van der Waals surface area contributed by atoms with Crippen molar-refractivity contribution in [2.24, 2.45) is 5.92 Å². The van der Waals surface area contributed by atoms with E-state index in [1.807, 2.05) is 7.05 Å². The van der Waals surface area contributed by atoms with Crippen molar-refractivity contribution < 1.29 is 8.78 Å². The van der Waals surface area contributed by atoms with Crippen LogP contribution in [0, 0.1) is 17.6 Å². The van der Waals surface area contributed by atoms with Crippen LogP contribution in [0.3, 0.4) is 0 Å². The molecule has 2 saturated heterocycles. The van der Waals surface area contributed by atoms with Gasteiger partial charge in [-0.2, -0.15) is 0 Å². The second kappa shape index (κ2) is 6.01. The van der Waals surface area contributed by atoms with Crippen molar-refractivity contribution in [3.8, 4) is 0 Å². The maximum Gasteiger partial charge on any atom is 0.129 e. The standard InChI is InChI=1S/C17H24F2N2/c1-20-17(9-11-3-4-13(18)10-16(11)19)12-7-14-5-6-15(8-12)21(14)2/h3-4,10,12,14-15,17,20H,5-9H2,1-2H3. The van der Waals surface area contributed by atoms with E-state index in [-0.39, 0.29) is 6.04 Å². The average Bonchev–Trinajstić information content (AvgIpc) is 2.68. The summed E-state index contributed by atoms with van der Waals surface area (Å²) in [5, 5.41) is 3.37. The highest BCUT2D eigenvalue weighted by molar-refractivity contribution is 5.20. The van der Waals surface area contributed by atoms with E-state index < -0.39 is 11.6 Å². The van der Waals surface area contributed by atoms with E-state index in [4.69, 9.17) is 0 Å². The van der Waals surface area contributed by atoms with Crippen molar-refractivity contribution in [1.29, 1.82) is 0 Å². The lowest BCUT2D eigenvalue weighted by molar-refractivity contribution is 0.114. The quantitative estimate of drug-likeness (QED) is 0.918. The highest BCUT2D eigenvalue weighted by atomic mass is 19.1. The summed E-state index contributed by atoms with van der Waals surface area (Å²) in [4.78, 5) is 2.52. The van der Waals surface area contributed by atoms with Crippen LogP contribution in [0.2, 0.25) is 0 Å². The summed E-state index contributed by atoms with van der Waals surface area (Å²) in [5.41, 5.74) is 0.613. The Morgan fingerprint density at radius 1 is 1.24 bits per heavy atom. The SMILES string of the molecule is CNC(Cc1ccc(F)cc1F)C1CC2CCC(C1)N2C. The first-order chi connectivity index (χ1) is 10.1. The van der Waals surface area contributed by atoms with Gasteiger partial charge in [0.2, 0.25) is 0 Å². The number of nitrogens with zero attached hydrogens (tertiary/aromatic N) is 1. The lowest BCUT2D eigenvalue weighted by Gasteiger charge is -2.40. The highest BCUT2D eigenvalue weighted by Crippen LogP contribution is 2.39. The third-order valence-corrected chi connectivity index (χ3v) is 5.53. The third-order valence-electron chi connectivity index (χ3n) is 5.53. The molecule has 1 aromatic carbocycles. The van der Waals surface area contributed by atoms with Gasteiger partial charge in [-0.3, -0.25) is 0 Å². The minimum Gasteiger partial charge on any atom is -0.316 e. The molecule has 2 aliphatic heterocycles. The molecule has 0 aromatic heterocycles. The van der Waals surface area contributed by atoms with Gasteiger partial charge in [0.05, 0.1) is 0 Å². The molecule has 3 atom stereocenters. The van der Waals surface area contributed by atoms with Gasteiger partial charge in [0.25, 0.3) is 0 Å². The largest absolute Gasteiger partial charge is 0.316 e. The molecule has 4 heteroatoms. The van der Waals surface area contributed by atoms with Crippen molar-refractivity contribution in [1.82, 2.24) is 10.2 Å². The fourth-order valence-electron chi connectivity index (χ4n) is 4.21. The summed E-state index contributed by atoms with van der Waals surface area (Å²) in [7, 11) is 4.18. The van der Waals surface area contributed by atoms with Crippen LogP contribution in [0.15, 0.2) is 18.2 Å². The predicted molar refractivity (Wildman–Crippen MR) is 80.2 cm³/mol. The van der Waals surface area contributed by atoms with Crippen LogP contribution in [0.1, 0.15) is 31.2 Å². The van der Waals surface area contributed by atoms with Gasteiger partial charge in [-0.05, 0) is 63.7 Å². The summed E-state index contributed by atoms with van der Waals surface area (Å²) in [6.07, 6.45) is 5.58. The Morgan fingerprint density at radius 2 is 1.90 bits per heavy atom. The van der Waals surface area contributed by atoms with E-state index in [1.54, 1.807) is 6.07 Å². The average molecular weight is 294 g/mol. The first-order valence-electron chi connectivity index (χ1n) is 7.91. The monoisotopic (exact) mass is 294 g/mol. The molecule has 0 radical (unpaired) electrons. The number of nitrogens with one attached hydrogen (secondary N) is 1. The third kappa shape index (κ3) is 2.97. The summed E-state index contributed by atoms with van der Waals surface area (Å²) in [6, 6.07) is 5.55. The van der Waals surface area contributed by atoms with Gasteiger partial charge in [0.1, 0.15) is 11.6 Å². The van der Waals surface area contributed by atoms with Crippen LogP contribution in [0.5, 0.6) is 0 Å². The molecule has 2 nitrogen and oxygen atoms in total. The first-order valence-corrected chi connectivity index (χ1v) is 7.91. The predicted octanol–water partition coefficient (Wildman–Crippen LogP) is 2.97. The first kappa shape index (κ1) is 14.9. The molecule has 0 spiro atoms. The molecule has 1 aromatic rings. The summed E-state index contributed by atoms with van der Waals surface area (Å²) < 4.78 is 26.9. The van der Waals surface area contributed by atoms with Crippen LogP contribution in [-0.2, 0) is 6.42 Å². The second-order valence-corrected chi connectivity index (χ2v) is 6.62. The minimum absolute atomic E-state index is 0.266. The van der Waals surface area contributed by atoms with Crippen molar-refractivity contribution >= 4 is 0 Å². The smallest absolute Gasteiger partial charge is 0.129 e. The molecule has 0 saturated carbocycles. The van der Waals surface area contributed by atoms with Crippen LogP contribution < -0.4 is 5.32 Å². The fraction of sp³-hybridized carbons (Fsp3) is 0.647. The lowest BCUT2D eigenvalue weighted by atomic mass is 9.82. The molecule has 2 heterocycles. The van der Waals surface area contributed by atoms with E-state index in [2.05, 4.69) is 17.3 Å². The Hall–Kier alpha value is -1.00. The van der Waals surface area contributed by atoms with Gasteiger partial charge in [-0.1, -0.05) is 6.07 Å². The normalized spacial score (nSPS) is 30.6. The van der Waals surface area contributed by atoms with Crippen LogP contribution in [0.25, 0.3) is 0 Å². The molecule has 3 unspecified atom stereocenters. The Morgan fingerprint density at radius 3 is 2.48 bits per heavy atom. The van der Waals surface area contributed by atoms with Gasteiger partial charge >= 0.3 is 0 Å². The molecule has 2 aliphatic rings. The van der Waals surface area contributed by atoms with Gasteiger partial charge < -0.3 is 10.2 Å². The molecular formula is C17H24F2N2. The summed E-state index contributed by atoms with van der Waals surface area (Å²) in [6.45, 7) is 0. The molecule has 1 N–H and O–H groups in total. The summed E-state index contributed by atoms with van der Waals surface area (Å²) >= 11 is 0. The van der Waals surface area contributed by atoms with Gasteiger partial charge in [0.15, 0.2) is 0 Å². The number of rotatable bonds is 4. The van der Waals surface area contributed by atoms with Crippen LogP contribution >= 0.6 is 0 Å². The minimum atomic E-state index is -0.505. The van der Waals surface area contributed by atoms with E-state index >= 15 is 0 Å². The van der Waals surface area contributed by atoms with Crippen molar-refractivity contribution in [2.45, 2.75) is 50.2 Å². The molecule has 116 valence electrons. The lowest BCUT2D eigenvalue weighted by Crippen LogP contribution is -2.47. The maximum absolute atomic E-state index is 13.9. The van der Waals surface area contributed by atoms with E-state index in [9.17, 15) is 8.78 Å². The Bertz CT molecular complexity index is 492. The van der Waals surface area contributed by atoms with Gasteiger partial charge in [-0.25, -0.2) is 8.78 Å². The zero-order valence-corrected chi connectivity index (χ0v) is 12.8. The number of piperidine rings is 1. The molecule has 2 fully saturated rings. The number of halogens is 2. The molecule has 0 aliphatic carbocycles. The molecule has 21 heavy (non-hydrogen) atoms. The van der Waals surface area contributed by atoms with E-state index in [0.29, 0.717) is 30.0 Å². The zero-order chi connectivity index (χ0) is 15.0. The van der Waals surface area contributed by atoms with Crippen molar-refractivity contribution in [2.75, 3.05) is 14.1 Å². The van der Waals surface area contributed by atoms with Crippen molar-refractivity contribution in [3.63, 3.8) is 0 Å². The highest BCUT2D eigenvalue weighted by Gasteiger charge is 2.40. The molecule has 0 amide bonds. The number of fused-ring (bicyclic) bond motifs is 2. The number of likely N-dealkylation sites (N-methyl/N-ethyl adjacent to an activating group) is 1. The van der Waals surface area contributed by atoms with Gasteiger partial charge in [-0.15, -0.1) is 0 Å². The van der Waals surface area contributed by atoms with Crippen LogP contribution in [0.4, 0.5) is 8.78 Å². The molecule has 2 bridgehead atoms. The van der Waals surface area contributed by atoms with Gasteiger partial charge in [0, 0.05) is 24.2 Å². The van der Waals surface area contributed by atoms with Crippen molar-refractivity contribution in [3.05, 3.63) is 35.4 Å². The maximum atomic E-state index is 13.9. The molecule has 3 rings (SSSR count). The second-order valence-electron chi connectivity index (χ2n) is 6.62. The summed E-state index contributed by atoms with van der Waals surface area (Å²) in [5.74, 6) is -0.353. The van der Waals surface area contributed by atoms with E-state index in [1.165, 1.54) is 31.7 Å². The number of benzene rings is 1. The molecular weight excluding hydrogens is 270 g/mol. The Balaban J connectivity index is 1.71. The number of hydrogen-bond acceptors (Lipinski definition) is 2. The zero-order valence-electron chi connectivity index (χ0n) is 12.8.